The Bertz CT molecular complexity index is 580. The van der Waals surface area contributed by atoms with E-state index in [4.69, 9.17) is 30.2 Å². The highest BCUT2D eigenvalue weighted by molar-refractivity contribution is 7.93. The van der Waals surface area contributed by atoms with Gasteiger partial charge in [0.05, 0.1) is 16.4 Å². The van der Waals surface area contributed by atoms with Crippen molar-refractivity contribution in [2.75, 3.05) is 6.54 Å². The van der Waals surface area contributed by atoms with Gasteiger partial charge in [-0.1, -0.05) is 42.6 Å². The van der Waals surface area contributed by atoms with Crippen molar-refractivity contribution >= 4 is 44.4 Å². The van der Waals surface area contributed by atoms with E-state index < -0.39 is 10.0 Å². The van der Waals surface area contributed by atoms with E-state index >= 15 is 0 Å². The normalized spacial score (nSPS) is 17.2. The Hall–Kier alpha value is -1.05. The lowest BCUT2D eigenvalue weighted by molar-refractivity contribution is 0.553. The van der Waals surface area contributed by atoms with Crippen LogP contribution in [0.15, 0.2) is 29.2 Å². The summed E-state index contributed by atoms with van der Waals surface area (Å²) in [7, 11) is -3.57. The van der Waals surface area contributed by atoms with Crippen LogP contribution in [0, 0.1) is 0 Å². The SMILES string of the molecule is NC(=S)CN1C(=S)c2ccccc2S1(=O)=O. The number of nitrogens with zero attached hydrogens (tertiary/aromatic N) is 1. The Morgan fingerprint density at radius 1 is 1.38 bits per heavy atom. The van der Waals surface area contributed by atoms with E-state index in [-0.39, 0.29) is 21.4 Å². The van der Waals surface area contributed by atoms with Crippen LogP contribution in [-0.2, 0) is 10.0 Å². The Kier molecular flexibility index (Phi) is 2.69. The summed E-state index contributed by atoms with van der Waals surface area (Å²) in [5.74, 6) is 0. The van der Waals surface area contributed by atoms with Gasteiger partial charge in [-0.25, -0.2) is 12.7 Å². The molecule has 1 aromatic carbocycles. The van der Waals surface area contributed by atoms with Gasteiger partial charge in [-0.2, -0.15) is 0 Å². The van der Waals surface area contributed by atoms with Crippen molar-refractivity contribution in [1.29, 1.82) is 0 Å². The lowest BCUT2D eigenvalue weighted by atomic mass is 10.2. The standard InChI is InChI=1S/C9H8N2O2S3/c10-8(14)5-11-9(15)6-3-1-2-4-7(6)16(11,12)13/h1-4H,5H2,(H2,10,14). The number of thiocarbonyl (C=S) groups is 2. The summed E-state index contributed by atoms with van der Waals surface area (Å²) in [5.41, 5.74) is 5.89. The number of hydrogen-bond acceptors (Lipinski definition) is 4. The number of nitrogens with two attached hydrogens (primary N) is 1. The fourth-order valence-electron chi connectivity index (χ4n) is 1.53. The Balaban J connectivity index is 2.58. The van der Waals surface area contributed by atoms with E-state index in [1.54, 1.807) is 18.2 Å². The van der Waals surface area contributed by atoms with Gasteiger partial charge in [-0.3, -0.25) is 0 Å². The summed E-state index contributed by atoms with van der Waals surface area (Å²) in [5, 5.41) is 0. The third kappa shape index (κ3) is 1.60. The molecule has 0 saturated heterocycles. The lowest BCUT2D eigenvalue weighted by Crippen LogP contribution is -2.36. The van der Waals surface area contributed by atoms with Crippen molar-refractivity contribution in [2.45, 2.75) is 4.90 Å². The second-order valence-electron chi connectivity index (χ2n) is 3.28. The predicted octanol–water partition coefficient (Wildman–Crippen LogP) is 0.653. The first-order chi connectivity index (χ1) is 7.44. The van der Waals surface area contributed by atoms with Crippen molar-refractivity contribution in [2.24, 2.45) is 5.73 Å². The topological polar surface area (TPSA) is 63.4 Å². The van der Waals surface area contributed by atoms with E-state index in [0.29, 0.717) is 5.56 Å². The van der Waals surface area contributed by atoms with Gasteiger partial charge in [-0.05, 0) is 6.07 Å². The largest absolute Gasteiger partial charge is 0.392 e. The van der Waals surface area contributed by atoms with Crippen LogP contribution in [0.2, 0.25) is 0 Å². The maximum atomic E-state index is 12.1. The summed E-state index contributed by atoms with van der Waals surface area (Å²) in [6.45, 7) is -0.0504. The summed E-state index contributed by atoms with van der Waals surface area (Å²) >= 11 is 9.80. The van der Waals surface area contributed by atoms with Gasteiger partial charge in [0.1, 0.15) is 4.99 Å². The number of benzene rings is 1. The zero-order valence-electron chi connectivity index (χ0n) is 8.08. The highest BCUT2D eigenvalue weighted by atomic mass is 32.2. The third-order valence-corrected chi connectivity index (χ3v) is 4.70. The molecular formula is C9H8N2O2S3. The number of sulfonamides is 1. The third-order valence-electron chi connectivity index (χ3n) is 2.21. The van der Waals surface area contributed by atoms with Crippen molar-refractivity contribution in [3.05, 3.63) is 29.8 Å². The van der Waals surface area contributed by atoms with Crippen LogP contribution in [-0.4, -0.2) is 29.2 Å². The van der Waals surface area contributed by atoms with Crippen LogP contribution < -0.4 is 5.73 Å². The minimum absolute atomic E-state index is 0.0504. The first-order valence-electron chi connectivity index (χ1n) is 4.39. The summed E-state index contributed by atoms with van der Waals surface area (Å²) in [6, 6.07) is 6.60. The zero-order chi connectivity index (χ0) is 11.9. The van der Waals surface area contributed by atoms with E-state index in [2.05, 4.69) is 0 Å². The number of rotatable bonds is 2. The van der Waals surface area contributed by atoms with Gasteiger partial charge >= 0.3 is 0 Å². The van der Waals surface area contributed by atoms with Gasteiger partial charge in [0.2, 0.25) is 0 Å². The van der Waals surface area contributed by atoms with Gasteiger partial charge in [0, 0.05) is 5.56 Å². The van der Waals surface area contributed by atoms with Crippen molar-refractivity contribution in [3.63, 3.8) is 0 Å². The average Bonchev–Trinajstić information content (AvgIpc) is 2.41. The second-order valence-corrected chi connectivity index (χ2v) is 6.02. The molecule has 0 bridgehead atoms. The van der Waals surface area contributed by atoms with Crippen LogP contribution in [0.25, 0.3) is 0 Å². The highest BCUT2D eigenvalue weighted by Gasteiger charge is 2.37. The molecule has 0 amide bonds. The molecule has 0 fully saturated rings. The Morgan fingerprint density at radius 2 is 2.00 bits per heavy atom. The summed E-state index contributed by atoms with van der Waals surface area (Å²) < 4.78 is 25.2. The van der Waals surface area contributed by atoms with Gasteiger partial charge < -0.3 is 5.73 Å². The molecule has 0 radical (unpaired) electrons. The number of fused-ring (bicyclic) bond motifs is 1. The second kappa shape index (κ2) is 3.76. The molecule has 0 spiro atoms. The molecule has 0 aliphatic carbocycles. The van der Waals surface area contributed by atoms with Crippen LogP contribution in [0.5, 0.6) is 0 Å². The minimum Gasteiger partial charge on any atom is -0.392 e. The maximum absolute atomic E-state index is 12.1. The van der Waals surface area contributed by atoms with Gasteiger partial charge in [0.15, 0.2) is 0 Å². The Labute approximate surface area is 104 Å². The fraction of sp³-hybridized carbons (Fsp3) is 0.111. The van der Waals surface area contributed by atoms with Crippen LogP contribution in [0.3, 0.4) is 0 Å². The molecule has 84 valence electrons. The first-order valence-corrected chi connectivity index (χ1v) is 6.64. The van der Waals surface area contributed by atoms with Gasteiger partial charge in [-0.15, -0.1) is 0 Å². The highest BCUT2D eigenvalue weighted by Crippen LogP contribution is 2.30. The lowest BCUT2D eigenvalue weighted by Gasteiger charge is -2.15. The molecule has 1 aliphatic rings. The zero-order valence-corrected chi connectivity index (χ0v) is 10.5. The van der Waals surface area contributed by atoms with E-state index in [1.165, 1.54) is 6.07 Å². The predicted molar refractivity (Wildman–Crippen MR) is 68.8 cm³/mol. The molecule has 0 unspecified atom stereocenters. The molecule has 16 heavy (non-hydrogen) atoms. The number of hydrogen-bond donors (Lipinski definition) is 1. The molecule has 1 aromatic rings. The molecule has 1 heterocycles. The van der Waals surface area contributed by atoms with Crippen molar-refractivity contribution in [1.82, 2.24) is 4.31 Å². The van der Waals surface area contributed by atoms with Crippen LogP contribution in [0.4, 0.5) is 0 Å². The molecule has 4 nitrogen and oxygen atoms in total. The molecule has 1 aliphatic heterocycles. The molecule has 0 aromatic heterocycles. The van der Waals surface area contributed by atoms with Crippen molar-refractivity contribution < 1.29 is 8.42 Å². The van der Waals surface area contributed by atoms with E-state index in [0.717, 1.165) is 4.31 Å². The van der Waals surface area contributed by atoms with Crippen LogP contribution in [0.1, 0.15) is 5.56 Å². The molecule has 0 saturated carbocycles. The van der Waals surface area contributed by atoms with Gasteiger partial charge in [0.25, 0.3) is 10.0 Å². The maximum Gasteiger partial charge on any atom is 0.266 e. The van der Waals surface area contributed by atoms with Crippen LogP contribution >= 0.6 is 24.4 Å². The fourth-order valence-corrected chi connectivity index (χ4v) is 3.90. The van der Waals surface area contributed by atoms with E-state index in [1.807, 2.05) is 0 Å². The quantitative estimate of drug-likeness (QED) is 0.801. The molecular weight excluding hydrogens is 264 g/mol. The molecule has 2 rings (SSSR count). The summed E-state index contributed by atoms with van der Waals surface area (Å²) in [6.07, 6.45) is 0. The summed E-state index contributed by atoms with van der Waals surface area (Å²) in [4.78, 5) is 0.568. The monoisotopic (exact) mass is 272 g/mol. The van der Waals surface area contributed by atoms with Crippen molar-refractivity contribution in [3.8, 4) is 0 Å². The Morgan fingerprint density at radius 3 is 2.56 bits per heavy atom. The molecule has 7 heteroatoms. The molecule has 2 N–H and O–H groups in total. The first kappa shape index (κ1) is 11.4. The average molecular weight is 272 g/mol. The molecule has 0 atom stereocenters. The minimum atomic E-state index is -3.57. The smallest absolute Gasteiger partial charge is 0.266 e. The van der Waals surface area contributed by atoms with E-state index in [9.17, 15) is 8.42 Å².